The summed E-state index contributed by atoms with van der Waals surface area (Å²) in [6.07, 6.45) is -0.125. The van der Waals surface area contributed by atoms with Crippen LogP contribution in [0.1, 0.15) is 20.8 Å². The van der Waals surface area contributed by atoms with Crippen LogP contribution in [0.15, 0.2) is 0 Å². The summed E-state index contributed by atoms with van der Waals surface area (Å²) in [4.78, 5) is 16.4. The molecule has 1 saturated heterocycles. The maximum Gasteiger partial charge on any atom is 0.290 e. The summed E-state index contributed by atoms with van der Waals surface area (Å²) >= 11 is 0. The van der Waals surface area contributed by atoms with E-state index in [4.69, 9.17) is 41.4 Å². The first-order chi connectivity index (χ1) is 9.12. The lowest BCUT2D eigenvalue weighted by Gasteiger charge is -2.01. The Morgan fingerprint density at radius 3 is 1.68 bits per heavy atom. The summed E-state index contributed by atoms with van der Waals surface area (Å²) in [5, 5.41) is 6.89. The van der Waals surface area contributed by atoms with Gasteiger partial charge in [-0.3, -0.25) is 4.79 Å². The van der Waals surface area contributed by atoms with E-state index < -0.39 is 0 Å². The summed E-state index contributed by atoms with van der Waals surface area (Å²) < 4.78 is 9.91. The fraction of sp³-hybridized carbons (Fsp3) is 0.818. The molecule has 19 heavy (non-hydrogen) atoms. The molecule has 0 amide bonds. The number of carbonyl (C=O) groups is 2. The van der Waals surface area contributed by atoms with Gasteiger partial charge in [-0.05, 0) is 6.92 Å². The van der Waals surface area contributed by atoms with Gasteiger partial charge in [0.05, 0.1) is 13.2 Å². The fourth-order valence-corrected chi connectivity index (χ4v) is 0.543. The van der Waals surface area contributed by atoms with Crippen molar-refractivity contribution in [3.63, 3.8) is 0 Å². The first-order valence-corrected chi connectivity index (χ1v) is 5.88. The van der Waals surface area contributed by atoms with E-state index in [1.165, 1.54) is 0 Å². The van der Waals surface area contributed by atoms with Crippen LogP contribution >= 0.6 is 0 Å². The Kier molecular flexibility index (Phi) is 42.1. The van der Waals surface area contributed by atoms with Crippen molar-refractivity contribution in [3.8, 4) is 0 Å². The van der Waals surface area contributed by atoms with E-state index in [-0.39, 0.29) is 18.8 Å². The Bertz CT molecular complexity index is 144. The molecule has 1 heterocycles. The van der Waals surface area contributed by atoms with E-state index in [1.807, 2.05) is 27.6 Å². The van der Waals surface area contributed by atoms with Crippen LogP contribution in [0.2, 0.25) is 0 Å². The van der Waals surface area contributed by atoms with Gasteiger partial charge in [0.25, 0.3) is 6.47 Å². The van der Waals surface area contributed by atoms with Gasteiger partial charge in [0.2, 0.25) is 0 Å². The highest BCUT2D eigenvalue weighted by molar-refractivity contribution is 5.32. The van der Waals surface area contributed by atoms with Crippen molar-refractivity contribution in [2.24, 2.45) is 17.2 Å². The predicted molar refractivity (Wildman–Crippen MR) is 74.6 cm³/mol. The smallest absolute Gasteiger partial charge is 0.290 e. The SMILES string of the molecule is C=O.CC.CC(N)CN.NCC1OCCO1.O=CO. The molecule has 0 radical (unpaired) electrons. The van der Waals surface area contributed by atoms with Crippen molar-refractivity contribution in [1.29, 1.82) is 0 Å². The maximum atomic E-state index is 8.36. The van der Waals surface area contributed by atoms with Crippen molar-refractivity contribution < 1.29 is 24.2 Å². The zero-order valence-electron chi connectivity index (χ0n) is 12.1. The van der Waals surface area contributed by atoms with Crippen LogP contribution in [0.4, 0.5) is 0 Å². The average molecular weight is 283 g/mol. The van der Waals surface area contributed by atoms with Crippen LogP contribution in [0, 0.1) is 0 Å². The highest BCUT2D eigenvalue weighted by Crippen LogP contribution is 1.99. The van der Waals surface area contributed by atoms with Crippen molar-refractivity contribution >= 4 is 13.3 Å². The van der Waals surface area contributed by atoms with Gasteiger partial charge < -0.3 is 36.6 Å². The van der Waals surface area contributed by atoms with Crippen LogP contribution in [0.3, 0.4) is 0 Å². The maximum absolute atomic E-state index is 8.36. The third kappa shape index (κ3) is 38.3. The molecule has 0 aromatic heterocycles. The van der Waals surface area contributed by atoms with Gasteiger partial charge in [-0.25, -0.2) is 0 Å². The van der Waals surface area contributed by atoms with E-state index >= 15 is 0 Å². The summed E-state index contributed by atoms with van der Waals surface area (Å²) in [6.45, 7) is 10.1. The number of nitrogens with two attached hydrogens (primary N) is 3. The highest BCUT2D eigenvalue weighted by atomic mass is 16.7. The van der Waals surface area contributed by atoms with Crippen molar-refractivity contribution in [2.75, 3.05) is 26.3 Å². The van der Waals surface area contributed by atoms with E-state index in [9.17, 15) is 0 Å². The Morgan fingerprint density at radius 2 is 1.58 bits per heavy atom. The zero-order chi connectivity index (χ0) is 16.1. The molecule has 1 unspecified atom stereocenters. The van der Waals surface area contributed by atoms with Crippen LogP contribution in [0.25, 0.3) is 0 Å². The Labute approximate surface area is 115 Å². The second kappa shape index (κ2) is 30.2. The van der Waals surface area contributed by atoms with E-state index in [2.05, 4.69) is 0 Å². The molecule has 7 N–H and O–H groups in total. The second-order valence-electron chi connectivity index (χ2n) is 2.73. The summed E-state index contributed by atoms with van der Waals surface area (Å²) in [5.41, 5.74) is 15.4. The predicted octanol–water partition coefficient (Wildman–Crippen LogP) is -0.848. The standard InChI is InChI=1S/C4H9NO2.C3H10N2.C2H6.CH2O2.CH2O/c5-3-4-6-1-2-7-4;1-3(5)2-4;1-2;2-1-3;1-2/h4H,1-3,5H2;3H,2,4-5H2,1H3;1-2H3;1H,(H,2,3);1H2. The van der Waals surface area contributed by atoms with Crippen LogP contribution in [-0.2, 0) is 19.1 Å². The van der Waals surface area contributed by atoms with E-state index in [1.54, 1.807) is 0 Å². The van der Waals surface area contributed by atoms with Crippen LogP contribution in [0.5, 0.6) is 0 Å². The lowest BCUT2D eigenvalue weighted by Crippen LogP contribution is -2.25. The summed E-state index contributed by atoms with van der Waals surface area (Å²) in [5.74, 6) is 0. The lowest BCUT2D eigenvalue weighted by molar-refractivity contribution is -0.122. The zero-order valence-corrected chi connectivity index (χ0v) is 12.1. The van der Waals surface area contributed by atoms with Crippen LogP contribution < -0.4 is 17.2 Å². The molecule has 0 bridgehead atoms. The van der Waals surface area contributed by atoms with Crippen molar-refractivity contribution in [1.82, 2.24) is 0 Å². The molecule has 8 heteroatoms. The Balaban J connectivity index is -0.0000000834. The molecule has 0 aliphatic carbocycles. The number of ether oxygens (including phenoxy) is 2. The first kappa shape index (κ1) is 26.5. The molecule has 118 valence electrons. The van der Waals surface area contributed by atoms with Gasteiger partial charge in [-0.2, -0.15) is 0 Å². The number of rotatable bonds is 2. The minimum absolute atomic E-state index is 0.125. The van der Waals surface area contributed by atoms with Gasteiger partial charge in [-0.1, -0.05) is 13.8 Å². The third-order valence-corrected chi connectivity index (χ3v) is 1.26. The molecule has 8 nitrogen and oxygen atoms in total. The topological polar surface area (TPSA) is 151 Å². The molecule has 1 aliphatic rings. The van der Waals surface area contributed by atoms with E-state index in [0.717, 1.165) is 0 Å². The summed E-state index contributed by atoms with van der Waals surface area (Å²) in [7, 11) is 0. The molecule has 0 saturated carbocycles. The Morgan fingerprint density at radius 1 is 1.32 bits per heavy atom. The van der Waals surface area contributed by atoms with Gasteiger partial charge in [0, 0.05) is 19.1 Å². The van der Waals surface area contributed by atoms with Crippen LogP contribution in [-0.4, -0.2) is 57.0 Å². The fourth-order valence-electron chi connectivity index (χ4n) is 0.543. The number of hydrogen-bond acceptors (Lipinski definition) is 7. The van der Waals surface area contributed by atoms with Gasteiger partial charge in [-0.15, -0.1) is 0 Å². The average Bonchev–Trinajstić information content (AvgIpc) is 2.98. The Hall–Kier alpha value is -1.06. The normalized spacial score (nSPS) is 13.8. The molecule has 1 fully saturated rings. The number of carbonyl (C=O) groups excluding carboxylic acids is 1. The quantitative estimate of drug-likeness (QED) is 0.478. The van der Waals surface area contributed by atoms with Crippen molar-refractivity contribution in [2.45, 2.75) is 33.1 Å². The molecule has 1 rings (SSSR count). The molecule has 1 aliphatic heterocycles. The monoisotopic (exact) mass is 283 g/mol. The van der Waals surface area contributed by atoms with Crippen molar-refractivity contribution in [3.05, 3.63) is 0 Å². The molecule has 1 atom stereocenters. The molecule has 0 spiro atoms. The van der Waals surface area contributed by atoms with Gasteiger partial charge >= 0.3 is 0 Å². The summed E-state index contributed by atoms with van der Waals surface area (Å²) in [6, 6.07) is 0.162. The molecular formula is C11H29N3O5. The molecule has 0 aromatic carbocycles. The largest absolute Gasteiger partial charge is 0.483 e. The number of hydrogen-bond donors (Lipinski definition) is 4. The number of carboxylic acid groups (broad SMARTS) is 1. The van der Waals surface area contributed by atoms with Gasteiger partial charge in [0.1, 0.15) is 6.79 Å². The first-order valence-electron chi connectivity index (χ1n) is 5.88. The minimum Gasteiger partial charge on any atom is -0.483 e. The minimum atomic E-state index is -0.250. The second-order valence-corrected chi connectivity index (χ2v) is 2.73. The molecular weight excluding hydrogens is 254 g/mol. The lowest BCUT2D eigenvalue weighted by atomic mass is 10.4. The third-order valence-electron chi connectivity index (χ3n) is 1.26. The van der Waals surface area contributed by atoms with Gasteiger partial charge in [0.15, 0.2) is 6.29 Å². The highest BCUT2D eigenvalue weighted by Gasteiger charge is 2.11. The van der Waals surface area contributed by atoms with E-state index in [0.29, 0.717) is 26.3 Å². The molecule has 0 aromatic rings.